The quantitative estimate of drug-likeness (QED) is 0.369. The second-order valence-corrected chi connectivity index (χ2v) is 2.73. The van der Waals surface area contributed by atoms with Crippen LogP contribution in [0.15, 0.2) is 11.8 Å². The first kappa shape index (κ1) is 8.77. The van der Waals surface area contributed by atoms with Gasteiger partial charge in [0.1, 0.15) is 0 Å². The predicted octanol–water partition coefficient (Wildman–Crippen LogP) is 0.748. The van der Waals surface area contributed by atoms with Gasteiger partial charge < -0.3 is 15.8 Å². The monoisotopic (exact) mass is 168 g/mol. The van der Waals surface area contributed by atoms with Crippen molar-refractivity contribution in [2.75, 3.05) is 6.54 Å². The van der Waals surface area contributed by atoms with Gasteiger partial charge in [0.15, 0.2) is 0 Å². The van der Waals surface area contributed by atoms with E-state index in [2.05, 4.69) is 5.32 Å². The second-order valence-electron chi connectivity index (χ2n) is 2.73. The van der Waals surface area contributed by atoms with Gasteiger partial charge in [0, 0.05) is 12.3 Å². The van der Waals surface area contributed by atoms with Crippen LogP contribution in [0.5, 0.6) is 0 Å². The summed E-state index contributed by atoms with van der Waals surface area (Å²) < 4.78 is 0. The summed E-state index contributed by atoms with van der Waals surface area (Å²) in [5, 5.41) is 18.7. The van der Waals surface area contributed by atoms with Crippen molar-refractivity contribution in [3.63, 3.8) is 0 Å². The highest BCUT2D eigenvalue weighted by Crippen LogP contribution is 2.07. The Morgan fingerprint density at radius 2 is 2.25 bits per heavy atom. The maximum absolute atomic E-state index is 11.1. The summed E-state index contributed by atoms with van der Waals surface area (Å²) in [6, 6.07) is 0. The minimum absolute atomic E-state index is 0.0923. The molecule has 1 aliphatic heterocycles. The molecule has 3 N–H and O–H groups in total. The van der Waals surface area contributed by atoms with E-state index in [9.17, 15) is 4.79 Å². The lowest BCUT2D eigenvalue weighted by molar-refractivity contribution is -0.117. The van der Waals surface area contributed by atoms with E-state index in [1.54, 1.807) is 0 Å². The predicted molar refractivity (Wildman–Crippen MR) is 45.3 cm³/mol. The van der Waals surface area contributed by atoms with Gasteiger partial charge in [-0.15, -0.1) is 0 Å². The maximum Gasteiger partial charge on any atom is 0.256 e. The van der Waals surface area contributed by atoms with Gasteiger partial charge in [-0.05, 0) is 19.3 Å². The molecule has 0 aromatic carbocycles. The fraction of sp³-hybridized carbons (Fsp3) is 0.500. The zero-order chi connectivity index (χ0) is 8.97. The van der Waals surface area contributed by atoms with Crippen LogP contribution >= 0.6 is 0 Å². The average Bonchev–Trinajstić information content (AvgIpc) is 2.02. The van der Waals surface area contributed by atoms with Crippen LogP contribution in [0.4, 0.5) is 0 Å². The Morgan fingerprint density at radius 3 is 2.92 bits per heavy atom. The lowest BCUT2D eigenvalue weighted by atomic mass is 10.0. The lowest BCUT2D eigenvalue weighted by Gasteiger charge is -2.12. The van der Waals surface area contributed by atoms with Crippen molar-refractivity contribution in [1.29, 1.82) is 5.41 Å². The minimum Gasteiger partial charge on any atom is -0.515 e. The molecule has 1 aliphatic rings. The number of amides is 1. The summed E-state index contributed by atoms with van der Waals surface area (Å²) in [7, 11) is 0. The van der Waals surface area contributed by atoms with Crippen LogP contribution in [0, 0.1) is 5.41 Å². The first-order valence-corrected chi connectivity index (χ1v) is 3.96. The number of rotatable bonds is 0. The van der Waals surface area contributed by atoms with E-state index in [1.807, 2.05) is 0 Å². The Hall–Kier alpha value is -1.32. The molecule has 1 amide bonds. The molecular formula is C8H12N2O2. The van der Waals surface area contributed by atoms with Gasteiger partial charge >= 0.3 is 0 Å². The maximum atomic E-state index is 11.1. The van der Waals surface area contributed by atoms with Gasteiger partial charge in [-0.25, -0.2) is 0 Å². The van der Waals surface area contributed by atoms with Crippen LogP contribution in [0.25, 0.3) is 0 Å². The molecule has 4 nitrogen and oxygen atoms in total. The molecule has 12 heavy (non-hydrogen) atoms. The zero-order valence-corrected chi connectivity index (χ0v) is 6.76. The van der Waals surface area contributed by atoms with Gasteiger partial charge in [0.05, 0.1) is 11.8 Å². The smallest absolute Gasteiger partial charge is 0.256 e. The van der Waals surface area contributed by atoms with E-state index in [-0.39, 0.29) is 17.2 Å². The van der Waals surface area contributed by atoms with Crippen molar-refractivity contribution < 1.29 is 9.90 Å². The summed E-state index contributed by atoms with van der Waals surface area (Å²) in [4.78, 5) is 11.1. The number of carbonyl (C=O) groups is 1. The van der Waals surface area contributed by atoms with Crippen LogP contribution in [0.2, 0.25) is 0 Å². The molecule has 4 heteroatoms. The van der Waals surface area contributed by atoms with Crippen LogP contribution in [-0.2, 0) is 4.79 Å². The van der Waals surface area contributed by atoms with E-state index < -0.39 is 0 Å². The Balaban J connectivity index is 2.76. The highest BCUT2D eigenvalue weighted by Gasteiger charge is 2.16. The molecule has 1 saturated heterocycles. The highest BCUT2D eigenvalue weighted by molar-refractivity contribution is 6.20. The Morgan fingerprint density at radius 1 is 1.50 bits per heavy atom. The van der Waals surface area contributed by atoms with Crippen LogP contribution in [0.1, 0.15) is 19.3 Å². The highest BCUT2D eigenvalue weighted by atomic mass is 16.2. The number of aliphatic hydroxyl groups is 1. The van der Waals surface area contributed by atoms with E-state index in [0.29, 0.717) is 19.2 Å². The molecule has 1 fully saturated rings. The number of carbonyl (C=O) groups excluding carboxylic acids is 1. The molecule has 0 atom stereocenters. The van der Waals surface area contributed by atoms with Gasteiger partial charge in [-0.1, -0.05) is 0 Å². The topological polar surface area (TPSA) is 73.2 Å². The zero-order valence-electron chi connectivity index (χ0n) is 6.76. The first-order valence-electron chi connectivity index (χ1n) is 3.96. The van der Waals surface area contributed by atoms with Crippen LogP contribution in [0.3, 0.4) is 0 Å². The minimum atomic E-state index is -0.345. The Labute approximate surface area is 70.8 Å². The van der Waals surface area contributed by atoms with E-state index in [1.165, 1.54) is 0 Å². The lowest BCUT2D eigenvalue weighted by Crippen LogP contribution is -2.31. The Kier molecular flexibility index (Phi) is 2.85. The molecule has 0 spiro atoms. The molecule has 1 rings (SSSR count). The molecule has 0 aliphatic carbocycles. The number of hydrogen-bond donors (Lipinski definition) is 3. The molecular weight excluding hydrogens is 156 g/mol. The summed E-state index contributed by atoms with van der Waals surface area (Å²) in [6.07, 6.45) is 3.06. The summed E-state index contributed by atoms with van der Waals surface area (Å²) in [5.41, 5.74) is 0.310. The molecule has 0 unspecified atom stereocenters. The molecule has 0 saturated carbocycles. The number of nitrogens with one attached hydrogen (secondary N) is 2. The van der Waals surface area contributed by atoms with Crippen molar-refractivity contribution in [1.82, 2.24) is 5.32 Å². The van der Waals surface area contributed by atoms with Crippen molar-refractivity contribution >= 4 is 11.6 Å². The van der Waals surface area contributed by atoms with E-state index in [0.717, 1.165) is 12.8 Å². The number of hydrogen-bond acceptors (Lipinski definition) is 3. The fourth-order valence-corrected chi connectivity index (χ4v) is 1.13. The molecule has 0 radical (unpaired) electrons. The van der Waals surface area contributed by atoms with Crippen molar-refractivity contribution in [3.05, 3.63) is 11.8 Å². The largest absolute Gasteiger partial charge is 0.515 e. The Bertz CT molecular complexity index is 213. The molecule has 0 aromatic heterocycles. The van der Waals surface area contributed by atoms with Gasteiger partial charge in [-0.3, -0.25) is 4.79 Å². The SMILES string of the molecule is N=C1CCCCNC(=O)/C1=C\O. The van der Waals surface area contributed by atoms with Crippen molar-refractivity contribution in [2.45, 2.75) is 19.3 Å². The molecule has 1 heterocycles. The fourth-order valence-electron chi connectivity index (χ4n) is 1.13. The number of aliphatic hydroxyl groups excluding tert-OH is 1. The van der Waals surface area contributed by atoms with E-state index in [4.69, 9.17) is 10.5 Å². The second kappa shape index (κ2) is 3.90. The average molecular weight is 168 g/mol. The van der Waals surface area contributed by atoms with Crippen molar-refractivity contribution in [2.24, 2.45) is 0 Å². The van der Waals surface area contributed by atoms with Crippen molar-refractivity contribution in [3.8, 4) is 0 Å². The molecule has 66 valence electrons. The van der Waals surface area contributed by atoms with Gasteiger partial charge in [-0.2, -0.15) is 0 Å². The van der Waals surface area contributed by atoms with Gasteiger partial charge in [0.2, 0.25) is 0 Å². The summed E-state index contributed by atoms with van der Waals surface area (Å²) >= 11 is 0. The molecule has 0 bridgehead atoms. The summed E-state index contributed by atoms with van der Waals surface area (Å²) in [5.74, 6) is -0.345. The summed E-state index contributed by atoms with van der Waals surface area (Å²) in [6.45, 7) is 0.628. The third kappa shape index (κ3) is 1.84. The molecule has 0 aromatic rings. The first-order chi connectivity index (χ1) is 5.75. The third-order valence-corrected chi connectivity index (χ3v) is 1.84. The van der Waals surface area contributed by atoms with E-state index >= 15 is 0 Å². The van der Waals surface area contributed by atoms with Crippen LogP contribution in [-0.4, -0.2) is 23.3 Å². The van der Waals surface area contributed by atoms with Crippen LogP contribution < -0.4 is 5.32 Å². The van der Waals surface area contributed by atoms with Gasteiger partial charge in [0.25, 0.3) is 5.91 Å². The standard InChI is InChI=1S/C8H12N2O2/c9-7-3-1-2-4-10-8(12)6(7)5-11/h5,9,11H,1-4H2,(H,10,12)/b6-5-,9-7?. The normalized spacial score (nSPS) is 23.2. The third-order valence-electron chi connectivity index (χ3n) is 1.84.